The molecule has 3 aromatic rings. The highest BCUT2D eigenvalue weighted by atomic mass is 16.3. The Balaban J connectivity index is 1.87. The van der Waals surface area contributed by atoms with E-state index in [1.807, 2.05) is 6.92 Å². The number of amides is 1. The van der Waals surface area contributed by atoms with E-state index in [9.17, 15) is 14.7 Å². The van der Waals surface area contributed by atoms with Crippen molar-refractivity contribution < 1.29 is 9.90 Å². The molecule has 0 fully saturated rings. The number of aryl methyl sites for hydroxylation is 1. The Bertz CT molecular complexity index is 911. The van der Waals surface area contributed by atoms with Crippen LogP contribution in [0, 0.1) is 6.92 Å². The number of aromatic hydroxyl groups is 1. The van der Waals surface area contributed by atoms with Gasteiger partial charge in [-0.1, -0.05) is 6.07 Å². The van der Waals surface area contributed by atoms with Gasteiger partial charge in [0.25, 0.3) is 11.5 Å². The molecule has 112 valence electrons. The summed E-state index contributed by atoms with van der Waals surface area (Å²) in [6.07, 6.45) is 3.11. The van der Waals surface area contributed by atoms with Gasteiger partial charge in [-0.15, -0.1) is 0 Å². The van der Waals surface area contributed by atoms with Crippen molar-refractivity contribution in [1.29, 1.82) is 0 Å². The van der Waals surface area contributed by atoms with Crippen LogP contribution in [0.4, 0.5) is 0 Å². The minimum absolute atomic E-state index is 0.106. The molecule has 0 radical (unpaired) electrons. The van der Waals surface area contributed by atoms with Crippen LogP contribution in [0.15, 0.2) is 35.4 Å². The smallest absolute Gasteiger partial charge is 0.258 e. The van der Waals surface area contributed by atoms with Gasteiger partial charge in [0.05, 0.1) is 28.7 Å². The summed E-state index contributed by atoms with van der Waals surface area (Å²) in [7, 11) is 0. The first-order chi connectivity index (χ1) is 10.6. The van der Waals surface area contributed by atoms with E-state index in [1.54, 1.807) is 18.3 Å². The zero-order valence-electron chi connectivity index (χ0n) is 11.8. The fraction of sp³-hybridized carbons (Fsp3) is 0.133. The first-order valence-electron chi connectivity index (χ1n) is 6.68. The minimum atomic E-state index is -0.382. The number of aromatic nitrogens is 3. The highest BCUT2D eigenvalue weighted by Gasteiger charge is 2.16. The number of nitrogens with zero attached hydrogens (tertiary/aromatic N) is 1. The zero-order valence-corrected chi connectivity index (χ0v) is 11.8. The predicted molar refractivity (Wildman–Crippen MR) is 80.7 cm³/mol. The van der Waals surface area contributed by atoms with E-state index in [0.717, 1.165) is 5.56 Å². The minimum Gasteiger partial charge on any atom is -0.493 e. The molecule has 7 nitrogen and oxygen atoms in total. The molecule has 22 heavy (non-hydrogen) atoms. The van der Waals surface area contributed by atoms with Gasteiger partial charge >= 0.3 is 0 Å². The molecule has 3 aromatic heterocycles. The Kier molecular flexibility index (Phi) is 3.38. The van der Waals surface area contributed by atoms with Crippen molar-refractivity contribution in [1.82, 2.24) is 20.3 Å². The third-order valence-corrected chi connectivity index (χ3v) is 3.39. The number of carbonyl (C=O) groups excluding carboxylic acids is 1. The Morgan fingerprint density at radius 2 is 2.14 bits per heavy atom. The number of rotatable bonds is 3. The monoisotopic (exact) mass is 298 g/mol. The Morgan fingerprint density at radius 1 is 1.32 bits per heavy atom. The number of H-pyrrole nitrogens is 2. The molecule has 0 spiro atoms. The summed E-state index contributed by atoms with van der Waals surface area (Å²) >= 11 is 0. The largest absolute Gasteiger partial charge is 0.493 e. The number of fused-ring (bicyclic) bond motifs is 1. The number of aromatic amines is 2. The molecular formula is C15H14N4O3. The molecular weight excluding hydrogens is 284 g/mol. The van der Waals surface area contributed by atoms with Gasteiger partial charge in [-0.2, -0.15) is 0 Å². The third kappa shape index (κ3) is 2.44. The van der Waals surface area contributed by atoms with Crippen LogP contribution in [0.2, 0.25) is 0 Å². The van der Waals surface area contributed by atoms with Gasteiger partial charge in [0, 0.05) is 18.5 Å². The van der Waals surface area contributed by atoms with Crippen molar-refractivity contribution in [2.45, 2.75) is 13.5 Å². The lowest BCUT2D eigenvalue weighted by Gasteiger charge is -2.04. The molecule has 4 N–H and O–H groups in total. The third-order valence-electron chi connectivity index (χ3n) is 3.39. The highest BCUT2D eigenvalue weighted by molar-refractivity contribution is 6.06. The summed E-state index contributed by atoms with van der Waals surface area (Å²) in [4.78, 5) is 33.6. The van der Waals surface area contributed by atoms with E-state index in [4.69, 9.17) is 0 Å². The van der Waals surface area contributed by atoms with Gasteiger partial charge in [0.2, 0.25) is 5.88 Å². The molecule has 0 aliphatic heterocycles. The van der Waals surface area contributed by atoms with Gasteiger partial charge in [0.1, 0.15) is 0 Å². The van der Waals surface area contributed by atoms with Gasteiger partial charge < -0.3 is 20.4 Å². The van der Waals surface area contributed by atoms with Crippen molar-refractivity contribution in [3.05, 3.63) is 57.8 Å². The van der Waals surface area contributed by atoms with Crippen molar-refractivity contribution in [3.63, 3.8) is 0 Å². The molecule has 0 unspecified atom stereocenters. The molecule has 0 aliphatic carbocycles. The standard InChI is InChI=1S/C15H14N4O3/c1-8-5-17-15(22)12-10(7-16-13(8)12)14(21)18-6-9-3-2-4-11(20)19-9/h2-5,7,16H,6H2,1H3,(H,17,22)(H,18,21)(H,19,20). The average molecular weight is 298 g/mol. The first-order valence-corrected chi connectivity index (χ1v) is 6.68. The van der Waals surface area contributed by atoms with Crippen LogP contribution in [0.1, 0.15) is 21.6 Å². The van der Waals surface area contributed by atoms with Crippen LogP contribution in [-0.4, -0.2) is 26.0 Å². The summed E-state index contributed by atoms with van der Waals surface area (Å²) in [5.74, 6) is -0.488. The second-order valence-corrected chi connectivity index (χ2v) is 4.92. The van der Waals surface area contributed by atoms with Crippen LogP contribution in [0.5, 0.6) is 5.88 Å². The molecule has 7 heteroatoms. The number of hydrogen-bond acceptors (Lipinski definition) is 4. The second-order valence-electron chi connectivity index (χ2n) is 4.92. The molecule has 0 aromatic carbocycles. The van der Waals surface area contributed by atoms with Gasteiger partial charge in [-0.05, 0) is 18.6 Å². The molecule has 0 atom stereocenters. The summed E-state index contributed by atoms with van der Waals surface area (Å²) in [6, 6.07) is 4.78. The van der Waals surface area contributed by atoms with E-state index in [1.165, 1.54) is 12.3 Å². The van der Waals surface area contributed by atoms with Gasteiger partial charge in [0.15, 0.2) is 0 Å². The molecule has 0 bridgehead atoms. The highest BCUT2D eigenvalue weighted by Crippen LogP contribution is 2.16. The topological polar surface area (TPSA) is 111 Å². The maximum atomic E-state index is 12.3. The van der Waals surface area contributed by atoms with E-state index >= 15 is 0 Å². The molecule has 3 rings (SSSR count). The Hall–Kier alpha value is -3.09. The summed E-state index contributed by atoms with van der Waals surface area (Å²) in [6.45, 7) is 2.00. The summed E-state index contributed by atoms with van der Waals surface area (Å²) in [5.41, 5.74) is 1.98. The predicted octanol–water partition coefficient (Wildman–Crippen LogP) is 1.20. The van der Waals surface area contributed by atoms with Crippen molar-refractivity contribution in [2.24, 2.45) is 0 Å². The lowest BCUT2D eigenvalue weighted by molar-refractivity contribution is 0.0952. The molecule has 0 saturated heterocycles. The SMILES string of the molecule is Cc1c[nH]c(=O)c2c(C(=O)NCc3cccc(O)n3)c[nH]c12. The fourth-order valence-electron chi connectivity index (χ4n) is 2.30. The van der Waals surface area contributed by atoms with E-state index < -0.39 is 0 Å². The summed E-state index contributed by atoms with van der Waals surface area (Å²) in [5, 5.41) is 12.3. The van der Waals surface area contributed by atoms with Crippen molar-refractivity contribution >= 4 is 16.8 Å². The molecule has 3 heterocycles. The first kappa shape index (κ1) is 13.9. The quantitative estimate of drug-likeness (QED) is 0.582. The van der Waals surface area contributed by atoms with Crippen LogP contribution < -0.4 is 10.9 Å². The van der Waals surface area contributed by atoms with Gasteiger partial charge in [-0.3, -0.25) is 9.59 Å². The maximum Gasteiger partial charge on any atom is 0.258 e. The van der Waals surface area contributed by atoms with Crippen LogP contribution >= 0.6 is 0 Å². The molecule has 0 aliphatic rings. The zero-order chi connectivity index (χ0) is 15.7. The number of hydrogen-bond donors (Lipinski definition) is 4. The Morgan fingerprint density at radius 3 is 2.91 bits per heavy atom. The van der Waals surface area contributed by atoms with Gasteiger partial charge in [-0.25, -0.2) is 4.98 Å². The van der Waals surface area contributed by atoms with Crippen molar-refractivity contribution in [3.8, 4) is 5.88 Å². The lowest BCUT2D eigenvalue weighted by Crippen LogP contribution is -2.24. The lowest BCUT2D eigenvalue weighted by atomic mass is 10.1. The number of pyridine rings is 2. The normalized spacial score (nSPS) is 10.8. The summed E-state index contributed by atoms with van der Waals surface area (Å²) < 4.78 is 0. The number of nitrogens with one attached hydrogen (secondary N) is 3. The van der Waals surface area contributed by atoms with E-state index in [2.05, 4.69) is 20.3 Å². The van der Waals surface area contributed by atoms with Crippen LogP contribution in [0.3, 0.4) is 0 Å². The average Bonchev–Trinajstić information content (AvgIpc) is 2.95. The van der Waals surface area contributed by atoms with Crippen LogP contribution in [-0.2, 0) is 6.54 Å². The molecule has 1 amide bonds. The molecule has 0 saturated carbocycles. The number of carbonyl (C=O) groups is 1. The van der Waals surface area contributed by atoms with Crippen molar-refractivity contribution in [2.75, 3.05) is 0 Å². The van der Waals surface area contributed by atoms with E-state index in [0.29, 0.717) is 16.6 Å². The maximum absolute atomic E-state index is 12.3. The second kappa shape index (κ2) is 5.36. The van der Waals surface area contributed by atoms with Crippen LogP contribution in [0.25, 0.3) is 10.9 Å². The Labute approximate surface area is 125 Å². The van der Waals surface area contributed by atoms with E-state index in [-0.39, 0.29) is 29.5 Å². The fourth-order valence-corrected chi connectivity index (χ4v) is 2.30.